The Balaban J connectivity index is 1.20. The summed E-state index contributed by atoms with van der Waals surface area (Å²) in [5, 5.41) is 2.05. The van der Waals surface area contributed by atoms with E-state index in [-0.39, 0.29) is 0 Å². The Morgan fingerprint density at radius 2 is 1.83 bits per heavy atom. The molecule has 0 bridgehead atoms. The maximum atomic E-state index is 6.23. The molecule has 0 amide bonds. The van der Waals surface area contributed by atoms with E-state index in [0.29, 0.717) is 6.04 Å². The van der Waals surface area contributed by atoms with Crippen molar-refractivity contribution in [1.29, 1.82) is 0 Å². The molecule has 0 saturated carbocycles. The van der Waals surface area contributed by atoms with Gasteiger partial charge in [0.1, 0.15) is 0 Å². The minimum Gasteiger partial charge on any atom is -0.361 e. The number of hydrogen-bond donors (Lipinski definition) is 1. The highest BCUT2D eigenvalue weighted by Crippen LogP contribution is 2.34. The van der Waals surface area contributed by atoms with Gasteiger partial charge in [-0.2, -0.15) is 0 Å². The van der Waals surface area contributed by atoms with Gasteiger partial charge in [0.25, 0.3) is 0 Å². The van der Waals surface area contributed by atoms with Crippen LogP contribution in [0.3, 0.4) is 0 Å². The molecular weight excluding hydrogens is 378 g/mol. The lowest BCUT2D eigenvalue weighted by Gasteiger charge is -2.40. The van der Waals surface area contributed by atoms with Crippen molar-refractivity contribution in [2.75, 3.05) is 26.2 Å². The summed E-state index contributed by atoms with van der Waals surface area (Å²) in [6.07, 6.45) is 8.16. The number of nitrogens with zero attached hydrogens (tertiary/aromatic N) is 2. The van der Waals surface area contributed by atoms with Crippen molar-refractivity contribution in [3.63, 3.8) is 0 Å². The summed E-state index contributed by atoms with van der Waals surface area (Å²) >= 11 is 6.23. The number of benzene rings is 2. The molecule has 1 fully saturated rings. The number of aromatic nitrogens is 1. The predicted octanol–water partition coefficient (Wildman–Crippen LogP) is 5.58. The average molecular weight is 406 g/mol. The lowest BCUT2D eigenvalue weighted by molar-refractivity contribution is 0.0881. The van der Waals surface area contributed by atoms with Crippen LogP contribution < -0.4 is 0 Å². The molecule has 0 radical (unpaired) electrons. The second-order valence-electron chi connectivity index (χ2n) is 8.35. The van der Waals surface area contributed by atoms with E-state index in [9.17, 15) is 0 Å². The van der Waals surface area contributed by atoms with Gasteiger partial charge in [-0.3, -0.25) is 9.80 Å². The standard InChI is InChI=1S/C25H28ClN3/c26-21-8-11-25-23(16-21)24(17-27-25)20-6-9-22(10-7-20)29-14-12-28(13-15-29)18-19-4-2-1-3-5-19/h1-6,8,11,16-17,22,27H,7,9-10,12-15,18H2. The molecule has 1 unspecified atom stereocenters. The van der Waals surface area contributed by atoms with Gasteiger partial charge in [0.05, 0.1) is 0 Å². The molecule has 3 aromatic rings. The smallest absolute Gasteiger partial charge is 0.0461 e. The second-order valence-corrected chi connectivity index (χ2v) is 8.78. The van der Waals surface area contributed by atoms with E-state index in [1.165, 1.54) is 60.2 Å². The van der Waals surface area contributed by atoms with Gasteiger partial charge in [0.15, 0.2) is 0 Å². The lowest BCUT2D eigenvalue weighted by atomic mass is 9.89. The zero-order valence-corrected chi connectivity index (χ0v) is 17.5. The number of nitrogens with one attached hydrogen (secondary N) is 1. The van der Waals surface area contributed by atoms with E-state index < -0.39 is 0 Å². The Hall–Kier alpha value is -2.07. The number of piperazine rings is 1. The Morgan fingerprint density at radius 3 is 2.59 bits per heavy atom. The fourth-order valence-electron chi connectivity index (χ4n) is 4.88. The van der Waals surface area contributed by atoms with E-state index in [1.54, 1.807) is 0 Å². The number of H-pyrrole nitrogens is 1. The SMILES string of the molecule is Clc1ccc2[nH]cc(C3=CCC(N4CCN(Cc5ccccc5)CC4)CC3)c2c1. The third kappa shape index (κ3) is 4.13. The Bertz CT molecular complexity index is 999. The molecule has 2 aliphatic rings. The van der Waals surface area contributed by atoms with Gasteiger partial charge >= 0.3 is 0 Å². The molecule has 1 atom stereocenters. The van der Waals surface area contributed by atoms with E-state index in [1.807, 2.05) is 6.07 Å². The zero-order chi connectivity index (χ0) is 19.6. The summed E-state index contributed by atoms with van der Waals surface area (Å²) in [5.74, 6) is 0. The molecule has 1 N–H and O–H groups in total. The first-order valence-electron chi connectivity index (χ1n) is 10.7. The number of halogens is 1. The van der Waals surface area contributed by atoms with Crippen molar-refractivity contribution in [1.82, 2.24) is 14.8 Å². The van der Waals surface area contributed by atoms with Crippen LogP contribution in [0.5, 0.6) is 0 Å². The van der Waals surface area contributed by atoms with E-state index in [4.69, 9.17) is 11.6 Å². The van der Waals surface area contributed by atoms with Gasteiger partial charge in [-0.05, 0) is 48.6 Å². The van der Waals surface area contributed by atoms with Crippen LogP contribution in [0.25, 0.3) is 16.5 Å². The number of rotatable bonds is 4. The number of aromatic amines is 1. The average Bonchev–Trinajstić information content (AvgIpc) is 3.18. The van der Waals surface area contributed by atoms with Crippen LogP contribution in [0.15, 0.2) is 60.8 Å². The quantitative estimate of drug-likeness (QED) is 0.612. The first kappa shape index (κ1) is 18.9. The van der Waals surface area contributed by atoms with Crippen LogP contribution in [0, 0.1) is 0 Å². The Labute approximate surface area is 178 Å². The first-order chi connectivity index (χ1) is 14.3. The third-order valence-electron chi connectivity index (χ3n) is 6.55. The summed E-state index contributed by atoms with van der Waals surface area (Å²) in [4.78, 5) is 8.69. The van der Waals surface area contributed by atoms with E-state index >= 15 is 0 Å². The fourth-order valence-corrected chi connectivity index (χ4v) is 5.06. The molecule has 1 aliphatic carbocycles. The largest absolute Gasteiger partial charge is 0.361 e. The van der Waals surface area contributed by atoms with Crippen molar-refractivity contribution in [3.8, 4) is 0 Å². The second kappa shape index (κ2) is 8.35. The Morgan fingerprint density at radius 1 is 1.00 bits per heavy atom. The molecule has 3 nitrogen and oxygen atoms in total. The summed E-state index contributed by atoms with van der Waals surface area (Å²) in [6.45, 7) is 5.78. The van der Waals surface area contributed by atoms with Crippen LogP contribution in [0.2, 0.25) is 5.02 Å². The molecular formula is C25H28ClN3. The minimum absolute atomic E-state index is 0.686. The van der Waals surface area contributed by atoms with E-state index in [2.05, 4.69) is 69.5 Å². The van der Waals surface area contributed by atoms with Crippen LogP contribution in [-0.4, -0.2) is 47.0 Å². The van der Waals surface area contributed by atoms with Crippen molar-refractivity contribution < 1.29 is 0 Å². The van der Waals surface area contributed by atoms with Crippen LogP contribution in [-0.2, 0) is 6.54 Å². The van der Waals surface area contributed by atoms with Crippen molar-refractivity contribution in [2.24, 2.45) is 0 Å². The fraction of sp³-hybridized carbons (Fsp3) is 0.360. The first-order valence-corrected chi connectivity index (χ1v) is 11.1. The number of hydrogen-bond acceptors (Lipinski definition) is 2. The molecule has 1 aliphatic heterocycles. The molecule has 29 heavy (non-hydrogen) atoms. The summed E-state index contributed by atoms with van der Waals surface area (Å²) in [5.41, 5.74) is 5.39. The zero-order valence-electron chi connectivity index (χ0n) is 16.8. The Kier molecular flexibility index (Phi) is 5.45. The molecule has 4 heteroatoms. The minimum atomic E-state index is 0.686. The van der Waals surface area contributed by atoms with Gasteiger partial charge in [-0.1, -0.05) is 48.0 Å². The molecule has 2 aromatic carbocycles. The topological polar surface area (TPSA) is 22.3 Å². The number of fused-ring (bicyclic) bond motifs is 1. The number of allylic oxidation sites excluding steroid dienone is 1. The summed E-state index contributed by atoms with van der Waals surface area (Å²) in [6, 6.07) is 17.6. The normalized spacial score (nSPS) is 21.4. The van der Waals surface area contributed by atoms with Crippen molar-refractivity contribution in [2.45, 2.75) is 31.8 Å². The van der Waals surface area contributed by atoms with Crippen molar-refractivity contribution >= 4 is 28.1 Å². The predicted molar refractivity (Wildman–Crippen MR) is 122 cm³/mol. The molecule has 1 aromatic heterocycles. The maximum absolute atomic E-state index is 6.23. The van der Waals surface area contributed by atoms with Gasteiger partial charge in [-0.15, -0.1) is 0 Å². The van der Waals surface area contributed by atoms with E-state index in [0.717, 1.165) is 24.4 Å². The molecule has 150 valence electrons. The highest BCUT2D eigenvalue weighted by atomic mass is 35.5. The van der Waals surface area contributed by atoms with Crippen LogP contribution in [0.1, 0.15) is 30.4 Å². The van der Waals surface area contributed by atoms with Gasteiger partial charge < -0.3 is 4.98 Å². The summed E-state index contributed by atoms with van der Waals surface area (Å²) < 4.78 is 0. The van der Waals surface area contributed by atoms with Gasteiger partial charge in [0.2, 0.25) is 0 Å². The maximum Gasteiger partial charge on any atom is 0.0461 e. The van der Waals surface area contributed by atoms with Crippen LogP contribution >= 0.6 is 11.6 Å². The highest BCUT2D eigenvalue weighted by Gasteiger charge is 2.26. The van der Waals surface area contributed by atoms with Crippen LogP contribution in [0.4, 0.5) is 0 Å². The molecule has 2 heterocycles. The highest BCUT2D eigenvalue weighted by molar-refractivity contribution is 6.31. The monoisotopic (exact) mass is 405 g/mol. The molecule has 1 saturated heterocycles. The lowest BCUT2D eigenvalue weighted by Crippen LogP contribution is -2.50. The van der Waals surface area contributed by atoms with Crippen molar-refractivity contribution in [3.05, 3.63) is 77.0 Å². The third-order valence-corrected chi connectivity index (χ3v) is 6.78. The molecule has 5 rings (SSSR count). The summed E-state index contributed by atoms with van der Waals surface area (Å²) in [7, 11) is 0. The molecule has 0 spiro atoms. The van der Waals surface area contributed by atoms with Gasteiger partial charge in [-0.25, -0.2) is 0 Å². The van der Waals surface area contributed by atoms with Gasteiger partial charge in [0, 0.05) is 66.5 Å².